The third-order valence-corrected chi connectivity index (χ3v) is 7.68. The van der Waals surface area contributed by atoms with Crippen LogP contribution in [0.25, 0.3) is 0 Å². The van der Waals surface area contributed by atoms with Gasteiger partial charge in [-0.2, -0.15) is 0 Å². The van der Waals surface area contributed by atoms with E-state index in [9.17, 15) is 45.3 Å². The molecule has 10 heteroatoms. The Kier molecular flexibility index (Phi) is 18.9. The molecular formula is C33H52O10. The lowest BCUT2D eigenvalue weighted by molar-refractivity contribution is -0.161. The normalized spacial score (nSPS) is 38.9. The number of aliphatic hydroxyl groups excluding tert-OH is 6. The number of esters is 1. The van der Waals surface area contributed by atoms with Gasteiger partial charge in [0.1, 0.15) is 12.0 Å². The first-order valence-corrected chi connectivity index (χ1v) is 15.3. The molecule has 0 saturated heterocycles. The van der Waals surface area contributed by atoms with E-state index >= 15 is 0 Å². The highest BCUT2D eigenvalue weighted by molar-refractivity contribution is 5.73. The first kappa shape index (κ1) is 38.4. The summed E-state index contributed by atoms with van der Waals surface area (Å²) < 4.78 is 5.74. The van der Waals surface area contributed by atoms with Crippen molar-refractivity contribution in [3.05, 3.63) is 60.8 Å². The molecule has 0 spiro atoms. The van der Waals surface area contributed by atoms with E-state index in [0.29, 0.717) is 19.3 Å². The number of hydrogen-bond donors (Lipinski definition) is 7. The lowest BCUT2D eigenvalue weighted by atomic mass is 9.90. The predicted molar refractivity (Wildman–Crippen MR) is 164 cm³/mol. The fourth-order valence-electron chi connectivity index (χ4n) is 5.08. The van der Waals surface area contributed by atoms with Crippen molar-refractivity contribution < 1.29 is 50.1 Å². The Morgan fingerprint density at radius 2 is 1.26 bits per heavy atom. The molecule has 1 aliphatic heterocycles. The summed E-state index contributed by atoms with van der Waals surface area (Å²) in [5, 5.41) is 72.2. The number of hydrogen-bond acceptors (Lipinski definition) is 9. The molecule has 0 saturated carbocycles. The van der Waals surface area contributed by atoms with Gasteiger partial charge in [-0.25, -0.2) is 0 Å². The Hall–Kier alpha value is -2.60. The summed E-state index contributed by atoms with van der Waals surface area (Å²) in [4.78, 5) is 24.6. The van der Waals surface area contributed by atoms with Crippen molar-refractivity contribution in [1.29, 1.82) is 0 Å². The molecule has 0 fully saturated rings. The van der Waals surface area contributed by atoms with Crippen LogP contribution in [0, 0.1) is 17.8 Å². The highest BCUT2D eigenvalue weighted by Crippen LogP contribution is 2.23. The molecule has 43 heavy (non-hydrogen) atoms. The van der Waals surface area contributed by atoms with Crippen LogP contribution in [0.1, 0.15) is 72.1 Å². The van der Waals surface area contributed by atoms with E-state index in [1.54, 1.807) is 37.3 Å². The molecule has 7 N–H and O–H groups in total. The average molecular weight is 609 g/mol. The summed E-state index contributed by atoms with van der Waals surface area (Å²) >= 11 is 0. The highest BCUT2D eigenvalue weighted by atomic mass is 16.5. The first-order valence-electron chi connectivity index (χ1n) is 15.3. The second-order valence-corrected chi connectivity index (χ2v) is 11.3. The van der Waals surface area contributed by atoms with Crippen molar-refractivity contribution in [3.8, 4) is 0 Å². The first-order chi connectivity index (χ1) is 20.4. The molecule has 0 radical (unpaired) electrons. The molecule has 0 aromatic heterocycles. The standard InChI is InChI=1S/C33H52O10/c1-4-26-28(38)21-25(36)19-23(34)16-14-17-24(35)20-29(39)31(32(40)41)27(37)18-13-11-9-7-6-8-10-12-15-22(3)30(5-2)43-33(26)42/h6-13,15,18,22-31,34-39H,4-5,14,16-17,19-21H2,1-3H3,(H,40,41)/b7-6+,10-8+,11-9+,15-12+,18-13+/t22-,23-,24+,25-,26+,27+,28-,29+,30+,31-/m1/s1. The van der Waals surface area contributed by atoms with E-state index in [2.05, 4.69) is 0 Å². The van der Waals surface area contributed by atoms with Gasteiger partial charge in [-0.05, 0) is 38.5 Å². The summed E-state index contributed by atoms with van der Waals surface area (Å²) in [7, 11) is 0. The molecule has 10 atom stereocenters. The largest absolute Gasteiger partial charge is 0.481 e. The number of aliphatic carboxylic acids is 1. The second-order valence-electron chi connectivity index (χ2n) is 11.3. The minimum Gasteiger partial charge on any atom is -0.481 e. The molecule has 244 valence electrons. The number of cyclic esters (lactones) is 1. The van der Waals surface area contributed by atoms with E-state index in [4.69, 9.17) is 4.74 Å². The van der Waals surface area contributed by atoms with Gasteiger partial charge < -0.3 is 40.5 Å². The van der Waals surface area contributed by atoms with Crippen molar-refractivity contribution >= 4 is 11.9 Å². The maximum Gasteiger partial charge on any atom is 0.312 e. The lowest BCUT2D eigenvalue weighted by Gasteiger charge is -2.27. The highest BCUT2D eigenvalue weighted by Gasteiger charge is 2.34. The van der Waals surface area contributed by atoms with Crippen LogP contribution in [0.3, 0.4) is 0 Å². The Morgan fingerprint density at radius 3 is 1.79 bits per heavy atom. The third kappa shape index (κ3) is 15.1. The van der Waals surface area contributed by atoms with Crippen molar-refractivity contribution in [2.75, 3.05) is 0 Å². The predicted octanol–water partition coefficient (Wildman–Crippen LogP) is 2.97. The average Bonchev–Trinajstić information content (AvgIpc) is 2.92. The fourth-order valence-corrected chi connectivity index (χ4v) is 5.08. The zero-order chi connectivity index (χ0) is 32.4. The monoisotopic (exact) mass is 608 g/mol. The molecule has 1 aliphatic rings. The summed E-state index contributed by atoms with van der Waals surface area (Å²) in [6.07, 6.45) is 10.4. The van der Waals surface area contributed by atoms with E-state index in [1.807, 2.05) is 32.1 Å². The summed E-state index contributed by atoms with van der Waals surface area (Å²) in [5.74, 6) is -4.39. The zero-order valence-electron chi connectivity index (χ0n) is 25.6. The van der Waals surface area contributed by atoms with Crippen LogP contribution >= 0.6 is 0 Å². The van der Waals surface area contributed by atoms with Crippen molar-refractivity contribution in [2.45, 2.75) is 115 Å². The molecule has 0 unspecified atom stereocenters. The number of carboxylic acids is 1. The van der Waals surface area contributed by atoms with Gasteiger partial charge in [0.05, 0.1) is 42.5 Å². The van der Waals surface area contributed by atoms with E-state index in [0.717, 1.165) is 0 Å². The number of carboxylic acid groups (broad SMARTS) is 1. The van der Waals surface area contributed by atoms with Gasteiger partial charge in [-0.1, -0.05) is 81.5 Å². The van der Waals surface area contributed by atoms with Crippen LogP contribution in [0.15, 0.2) is 60.8 Å². The van der Waals surface area contributed by atoms with Gasteiger partial charge in [0, 0.05) is 18.8 Å². The van der Waals surface area contributed by atoms with Crippen LogP contribution in [0.4, 0.5) is 0 Å². The van der Waals surface area contributed by atoms with Gasteiger partial charge in [0.25, 0.3) is 0 Å². The Balaban J connectivity index is 3.08. The van der Waals surface area contributed by atoms with Crippen molar-refractivity contribution in [1.82, 2.24) is 0 Å². The number of carbonyl (C=O) groups excluding carboxylic acids is 1. The summed E-state index contributed by atoms with van der Waals surface area (Å²) in [5.41, 5.74) is 0. The van der Waals surface area contributed by atoms with Gasteiger partial charge >= 0.3 is 11.9 Å². The Labute approximate surface area is 255 Å². The smallest absolute Gasteiger partial charge is 0.312 e. The van der Waals surface area contributed by atoms with Crippen LogP contribution in [-0.2, 0) is 14.3 Å². The molecule has 0 amide bonds. The minimum absolute atomic E-state index is 0.0442. The molecule has 1 rings (SSSR count). The molecule has 0 aliphatic carbocycles. The number of allylic oxidation sites excluding steroid dienone is 8. The number of aliphatic hydroxyl groups is 6. The quantitative estimate of drug-likeness (QED) is 0.235. The van der Waals surface area contributed by atoms with E-state index in [1.165, 1.54) is 12.2 Å². The van der Waals surface area contributed by atoms with Gasteiger partial charge in [-0.3, -0.25) is 9.59 Å². The van der Waals surface area contributed by atoms with Crippen molar-refractivity contribution in [3.63, 3.8) is 0 Å². The van der Waals surface area contributed by atoms with Crippen molar-refractivity contribution in [2.24, 2.45) is 17.8 Å². The van der Waals surface area contributed by atoms with Crippen LogP contribution in [-0.4, -0.2) is 90.4 Å². The summed E-state index contributed by atoms with van der Waals surface area (Å²) in [6.45, 7) is 5.60. The number of ether oxygens (including phenoxy) is 1. The van der Waals surface area contributed by atoms with Gasteiger partial charge in [-0.15, -0.1) is 0 Å². The van der Waals surface area contributed by atoms with Crippen LogP contribution in [0.2, 0.25) is 0 Å². The molecule has 1 heterocycles. The van der Waals surface area contributed by atoms with Crippen LogP contribution < -0.4 is 0 Å². The maximum absolute atomic E-state index is 12.9. The number of rotatable bonds is 3. The topological polar surface area (TPSA) is 185 Å². The van der Waals surface area contributed by atoms with Gasteiger partial charge in [0.15, 0.2) is 0 Å². The van der Waals surface area contributed by atoms with E-state index in [-0.39, 0.29) is 38.0 Å². The zero-order valence-corrected chi connectivity index (χ0v) is 25.6. The molecule has 10 nitrogen and oxygen atoms in total. The Morgan fingerprint density at radius 1 is 0.744 bits per heavy atom. The second kappa shape index (κ2) is 21.2. The Bertz CT molecular complexity index is 955. The molecule has 0 aromatic rings. The maximum atomic E-state index is 12.9. The van der Waals surface area contributed by atoms with Crippen LogP contribution in [0.5, 0.6) is 0 Å². The lowest BCUT2D eigenvalue weighted by Crippen LogP contribution is -2.39. The fraction of sp³-hybridized carbons (Fsp3) is 0.636. The minimum atomic E-state index is -1.54. The summed E-state index contributed by atoms with van der Waals surface area (Å²) in [6, 6.07) is 0. The molecule has 0 aromatic carbocycles. The number of carbonyl (C=O) groups is 2. The third-order valence-electron chi connectivity index (χ3n) is 7.68. The SMILES string of the molecule is CC[C@@H]1OC(=O)[C@@H](CC)[C@H](O)C[C@H](O)C[C@H](O)CCC[C@H](O)C[C@H](O)[C@H](C(=O)O)[C@@H](O)/C=C/C=C/C=C/C=C/C=C/[C@H]1C. The van der Waals surface area contributed by atoms with Gasteiger partial charge in [0.2, 0.25) is 0 Å². The molecular weight excluding hydrogens is 556 g/mol. The van der Waals surface area contributed by atoms with E-state index < -0.39 is 66.5 Å². The molecule has 0 bridgehead atoms.